The van der Waals surface area contributed by atoms with Crippen LogP contribution < -0.4 is 5.32 Å². The van der Waals surface area contributed by atoms with Gasteiger partial charge in [-0.15, -0.1) is 0 Å². The first-order valence-corrected chi connectivity index (χ1v) is 9.07. The Morgan fingerprint density at radius 2 is 2.19 bits per heavy atom. The van der Waals surface area contributed by atoms with Crippen LogP contribution in [0, 0.1) is 0 Å². The van der Waals surface area contributed by atoms with Crippen LogP contribution in [0.25, 0.3) is 11.0 Å². The minimum Gasteiger partial charge on any atom is -0.462 e. The van der Waals surface area contributed by atoms with Crippen LogP contribution in [0.5, 0.6) is 0 Å². The Morgan fingerprint density at radius 3 is 2.92 bits per heavy atom. The number of para-hydroxylation sites is 2. The van der Waals surface area contributed by atoms with Gasteiger partial charge in [0.15, 0.2) is 0 Å². The topological polar surface area (TPSA) is 82.5 Å². The van der Waals surface area contributed by atoms with Crippen molar-refractivity contribution < 1.29 is 19.1 Å². The number of nitrogens with one attached hydrogen (secondary N) is 1. The van der Waals surface area contributed by atoms with E-state index >= 15 is 0 Å². The second-order valence-corrected chi connectivity index (χ2v) is 6.68. The fraction of sp³-hybridized carbons (Fsp3) is 0.526. The zero-order chi connectivity index (χ0) is 18.5. The van der Waals surface area contributed by atoms with Gasteiger partial charge in [-0.3, -0.25) is 9.59 Å². The molecule has 26 heavy (non-hydrogen) atoms. The molecule has 1 atom stereocenters. The number of hydrogen-bond acceptors (Lipinski definition) is 5. The Bertz CT molecular complexity index is 778. The Hall–Kier alpha value is -2.41. The molecule has 2 aromatic rings. The zero-order valence-electron chi connectivity index (χ0n) is 15.2. The Balaban J connectivity index is 1.69. The van der Waals surface area contributed by atoms with Gasteiger partial charge in [-0.25, -0.2) is 4.98 Å². The van der Waals surface area contributed by atoms with E-state index in [0.717, 1.165) is 29.7 Å². The maximum atomic E-state index is 12.1. The monoisotopic (exact) mass is 359 g/mol. The van der Waals surface area contributed by atoms with Gasteiger partial charge in [0.25, 0.3) is 0 Å². The van der Waals surface area contributed by atoms with Crippen molar-refractivity contribution in [1.29, 1.82) is 0 Å². The summed E-state index contributed by atoms with van der Waals surface area (Å²) in [6.07, 6.45) is 1.72. The van der Waals surface area contributed by atoms with Gasteiger partial charge < -0.3 is 19.4 Å². The van der Waals surface area contributed by atoms with Crippen molar-refractivity contribution in [1.82, 2.24) is 14.9 Å². The molecule has 0 spiro atoms. The van der Waals surface area contributed by atoms with Crippen molar-refractivity contribution in [3.8, 4) is 0 Å². The Labute approximate surface area is 152 Å². The van der Waals surface area contributed by atoms with E-state index in [-0.39, 0.29) is 30.6 Å². The van der Waals surface area contributed by atoms with E-state index in [0.29, 0.717) is 19.6 Å². The summed E-state index contributed by atoms with van der Waals surface area (Å²) in [6.45, 7) is 4.84. The zero-order valence-corrected chi connectivity index (χ0v) is 15.2. The van der Waals surface area contributed by atoms with E-state index in [9.17, 15) is 9.59 Å². The molecule has 2 heterocycles. The highest BCUT2D eigenvalue weighted by molar-refractivity contribution is 5.81. The minimum atomic E-state index is -0.338. The van der Waals surface area contributed by atoms with Crippen LogP contribution in [0.15, 0.2) is 24.3 Å². The largest absolute Gasteiger partial charge is 0.462 e. The number of amides is 1. The number of fused-ring (bicyclic) bond motifs is 1. The number of benzene rings is 1. The fourth-order valence-corrected chi connectivity index (χ4v) is 3.12. The number of hydrogen-bond donors (Lipinski definition) is 1. The molecular weight excluding hydrogens is 334 g/mol. The standard InChI is InChI=1S/C19H25N3O4/c1-13(2)26-18(23)12-22-15-7-4-3-6-14(15)21-17(22)9-10-20-19(24)16-8-5-11-25-16/h3-4,6-7,13,16H,5,8-12H2,1-2H3,(H,20,24). The van der Waals surface area contributed by atoms with Crippen LogP contribution in [-0.4, -0.2) is 46.8 Å². The quantitative estimate of drug-likeness (QED) is 0.763. The van der Waals surface area contributed by atoms with E-state index in [1.165, 1.54) is 0 Å². The third-order valence-corrected chi connectivity index (χ3v) is 4.26. The number of ether oxygens (including phenoxy) is 2. The molecule has 7 heteroatoms. The molecule has 7 nitrogen and oxygen atoms in total. The van der Waals surface area contributed by atoms with Gasteiger partial charge in [0, 0.05) is 19.6 Å². The SMILES string of the molecule is CC(C)OC(=O)Cn1c(CCNC(=O)C2CCCO2)nc2ccccc21. The predicted octanol–water partition coefficient (Wildman–Crippen LogP) is 1.83. The first-order valence-electron chi connectivity index (χ1n) is 9.07. The van der Waals surface area contributed by atoms with Crippen molar-refractivity contribution in [2.75, 3.05) is 13.2 Å². The van der Waals surface area contributed by atoms with Crippen molar-refractivity contribution in [2.24, 2.45) is 0 Å². The van der Waals surface area contributed by atoms with E-state index in [4.69, 9.17) is 9.47 Å². The fourth-order valence-electron chi connectivity index (χ4n) is 3.12. The molecule has 1 saturated heterocycles. The highest BCUT2D eigenvalue weighted by atomic mass is 16.5. The van der Waals surface area contributed by atoms with Gasteiger partial charge in [-0.1, -0.05) is 12.1 Å². The third kappa shape index (κ3) is 4.40. The van der Waals surface area contributed by atoms with Crippen LogP contribution in [0.2, 0.25) is 0 Å². The summed E-state index contributed by atoms with van der Waals surface area (Å²) in [7, 11) is 0. The average Bonchev–Trinajstić information content (AvgIpc) is 3.23. The van der Waals surface area contributed by atoms with Crippen molar-refractivity contribution >= 4 is 22.9 Å². The lowest BCUT2D eigenvalue weighted by atomic mass is 10.2. The first kappa shape index (κ1) is 18.4. The summed E-state index contributed by atoms with van der Waals surface area (Å²) in [5.74, 6) is 0.372. The molecule has 1 unspecified atom stereocenters. The molecule has 0 aliphatic carbocycles. The van der Waals surface area contributed by atoms with Gasteiger partial charge >= 0.3 is 5.97 Å². The number of rotatable bonds is 7. The molecule has 0 saturated carbocycles. The van der Waals surface area contributed by atoms with E-state index in [1.807, 2.05) is 42.7 Å². The molecule has 0 bridgehead atoms. The van der Waals surface area contributed by atoms with Crippen LogP contribution in [0.4, 0.5) is 0 Å². The molecule has 1 aliphatic rings. The van der Waals surface area contributed by atoms with Gasteiger partial charge in [-0.05, 0) is 38.8 Å². The third-order valence-electron chi connectivity index (χ3n) is 4.26. The van der Waals surface area contributed by atoms with Crippen molar-refractivity contribution in [3.05, 3.63) is 30.1 Å². The summed E-state index contributed by atoms with van der Waals surface area (Å²) in [6, 6.07) is 7.67. The summed E-state index contributed by atoms with van der Waals surface area (Å²) >= 11 is 0. The lowest BCUT2D eigenvalue weighted by Gasteiger charge is -2.13. The van der Waals surface area contributed by atoms with Gasteiger partial charge in [0.1, 0.15) is 18.5 Å². The number of aromatic nitrogens is 2. The van der Waals surface area contributed by atoms with Crippen LogP contribution in [-0.2, 0) is 32.0 Å². The van der Waals surface area contributed by atoms with Crippen LogP contribution >= 0.6 is 0 Å². The van der Waals surface area contributed by atoms with Gasteiger partial charge in [0.05, 0.1) is 17.1 Å². The number of esters is 1. The van der Waals surface area contributed by atoms with Crippen LogP contribution in [0.1, 0.15) is 32.5 Å². The lowest BCUT2D eigenvalue weighted by molar-refractivity contribution is -0.148. The van der Waals surface area contributed by atoms with Crippen LogP contribution in [0.3, 0.4) is 0 Å². The molecule has 0 radical (unpaired) electrons. The molecule has 1 aliphatic heterocycles. The van der Waals surface area contributed by atoms with Gasteiger partial charge in [-0.2, -0.15) is 0 Å². The van der Waals surface area contributed by atoms with Crippen molar-refractivity contribution in [3.63, 3.8) is 0 Å². The lowest BCUT2D eigenvalue weighted by Crippen LogP contribution is -2.35. The summed E-state index contributed by atoms with van der Waals surface area (Å²) < 4.78 is 12.5. The molecule has 3 rings (SSSR count). The Morgan fingerprint density at radius 1 is 1.38 bits per heavy atom. The summed E-state index contributed by atoms with van der Waals surface area (Å²) in [5.41, 5.74) is 1.71. The number of nitrogens with zero attached hydrogens (tertiary/aromatic N) is 2. The summed E-state index contributed by atoms with van der Waals surface area (Å²) in [4.78, 5) is 28.8. The number of imidazole rings is 1. The van der Waals surface area contributed by atoms with E-state index < -0.39 is 0 Å². The molecular formula is C19H25N3O4. The first-order chi connectivity index (χ1) is 12.5. The molecule has 140 valence electrons. The average molecular weight is 359 g/mol. The second kappa shape index (κ2) is 8.31. The second-order valence-electron chi connectivity index (χ2n) is 6.68. The molecule has 1 amide bonds. The van der Waals surface area contributed by atoms with E-state index in [2.05, 4.69) is 10.3 Å². The highest BCUT2D eigenvalue weighted by Crippen LogP contribution is 2.17. The predicted molar refractivity (Wildman–Crippen MR) is 96.6 cm³/mol. The molecule has 1 N–H and O–H groups in total. The smallest absolute Gasteiger partial charge is 0.326 e. The number of carbonyl (C=O) groups excluding carboxylic acids is 2. The van der Waals surface area contributed by atoms with Crippen molar-refractivity contribution in [2.45, 2.75) is 51.9 Å². The molecule has 1 aromatic carbocycles. The summed E-state index contributed by atoms with van der Waals surface area (Å²) in [5, 5.41) is 2.90. The molecule has 1 aromatic heterocycles. The maximum Gasteiger partial charge on any atom is 0.326 e. The van der Waals surface area contributed by atoms with E-state index in [1.54, 1.807) is 0 Å². The highest BCUT2D eigenvalue weighted by Gasteiger charge is 2.23. The Kier molecular flexibility index (Phi) is 5.88. The van der Waals surface area contributed by atoms with Gasteiger partial charge in [0.2, 0.25) is 5.91 Å². The normalized spacial score (nSPS) is 17.0. The number of carbonyl (C=O) groups is 2. The maximum absolute atomic E-state index is 12.1. The minimum absolute atomic E-state index is 0.0793. The molecule has 1 fully saturated rings.